The van der Waals surface area contributed by atoms with Crippen LogP contribution < -0.4 is 15.0 Å². The number of hydrogen-bond donors (Lipinski definition) is 1. The van der Waals surface area contributed by atoms with Crippen LogP contribution in [-0.4, -0.2) is 50.3 Å². The van der Waals surface area contributed by atoms with E-state index in [0.29, 0.717) is 71.8 Å². The van der Waals surface area contributed by atoms with E-state index in [0.717, 1.165) is 12.0 Å². The Labute approximate surface area is 251 Å². The Morgan fingerprint density at radius 3 is 2.37 bits per heavy atom. The maximum atomic E-state index is 14.2. The molecule has 1 aliphatic heterocycles. The lowest BCUT2D eigenvalue weighted by Gasteiger charge is -2.41. The molecule has 1 atom stereocenters. The van der Waals surface area contributed by atoms with Crippen molar-refractivity contribution in [3.8, 4) is 17.1 Å². The Morgan fingerprint density at radius 2 is 1.72 bits per heavy atom. The van der Waals surface area contributed by atoms with Crippen LogP contribution in [0, 0.1) is 6.92 Å². The van der Waals surface area contributed by atoms with Crippen LogP contribution in [0.15, 0.2) is 89.8 Å². The van der Waals surface area contributed by atoms with Crippen LogP contribution in [0.2, 0.25) is 0 Å². The predicted octanol–water partition coefficient (Wildman–Crippen LogP) is 6.14. The number of morpholine rings is 1. The summed E-state index contributed by atoms with van der Waals surface area (Å²) in [6.45, 7) is 5.76. The first kappa shape index (κ1) is 28.8. The number of hydrogen-bond acceptors (Lipinski definition) is 8. The van der Waals surface area contributed by atoms with Gasteiger partial charge < -0.3 is 14.4 Å². The minimum atomic E-state index is -3.73. The third-order valence-electron chi connectivity index (χ3n) is 8.19. The normalized spacial score (nSPS) is 18.0. The molecule has 0 bridgehead atoms. The molecule has 1 aromatic heterocycles. The van der Waals surface area contributed by atoms with Crippen molar-refractivity contribution < 1.29 is 22.7 Å². The van der Waals surface area contributed by atoms with Crippen LogP contribution >= 0.6 is 0 Å². The van der Waals surface area contributed by atoms with Gasteiger partial charge in [-0.25, -0.2) is 23.2 Å². The molecule has 43 heavy (non-hydrogen) atoms. The van der Waals surface area contributed by atoms with Gasteiger partial charge in [0.05, 0.1) is 29.8 Å². The number of nitrogens with zero attached hydrogens (tertiary/aromatic N) is 3. The summed E-state index contributed by atoms with van der Waals surface area (Å²) in [5, 5.41) is 2.73. The van der Waals surface area contributed by atoms with E-state index in [1.54, 1.807) is 48.5 Å². The first-order valence-electron chi connectivity index (χ1n) is 14.4. The number of benzene rings is 3. The van der Waals surface area contributed by atoms with Gasteiger partial charge in [0, 0.05) is 23.9 Å². The van der Waals surface area contributed by atoms with Gasteiger partial charge in [0.2, 0.25) is 0 Å². The first-order chi connectivity index (χ1) is 20.7. The molecule has 1 aliphatic carbocycles. The summed E-state index contributed by atoms with van der Waals surface area (Å²) in [5.74, 6) is 1.54. The summed E-state index contributed by atoms with van der Waals surface area (Å²) in [6.07, 6.45) is 1.18. The first-order valence-corrected chi connectivity index (χ1v) is 15.9. The molecule has 10 heteroatoms. The summed E-state index contributed by atoms with van der Waals surface area (Å²) < 4.78 is 38.2. The second-order valence-corrected chi connectivity index (χ2v) is 13.4. The van der Waals surface area contributed by atoms with Gasteiger partial charge in [-0.15, -0.1) is 0 Å². The molecule has 0 unspecified atom stereocenters. The Bertz CT molecular complexity index is 1710. The average molecular weight is 599 g/mol. The van der Waals surface area contributed by atoms with Crippen LogP contribution in [0.25, 0.3) is 11.4 Å². The lowest BCUT2D eigenvalue weighted by Crippen LogP contribution is -2.46. The highest BCUT2D eigenvalue weighted by Crippen LogP contribution is 2.51. The van der Waals surface area contributed by atoms with Crippen LogP contribution in [0.4, 0.5) is 16.3 Å². The zero-order valence-electron chi connectivity index (χ0n) is 24.2. The van der Waals surface area contributed by atoms with Crippen molar-refractivity contribution in [1.82, 2.24) is 9.97 Å². The zero-order valence-corrected chi connectivity index (χ0v) is 25.0. The van der Waals surface area contributed by atoms with Crippen LogP contribution in [-0.2, 0) is 19.3 Å². The van der Waals surface area contributed by atoms with Gasteiger partial charge >= 0.3 is 6.09 Å². The maximum absolute atomic E-state index is 14.2. The number of sulfone groups is 1. The molecule has 222 valence electrons. The summed E-state index contributed by atoms with van der Waals surface area (Å²) in [6, 6.07) is 24.9. The molecule has 3 aromatic carbocycles. The standard InChI is InChI=1S/C33H34N4O5S/c1-23-9-15-28(16-10-23)43(39,40)33(17-6-18-33)29-21-30(37-19-20-41-22-24(37)2)36-31(35-29)25-11-13-26(14-12-25)34-32(38)42-27-7-4-3-5-8-27/h3-5,7-16,21,24H,6,17-20,22H2,1-2H3,(H,34,38)/t24-/m0/s1. The fourth-order valence-electron chi connectivity index (χ4n) is 5.56. The minimum Gasteiger partial charge on any atom is -0.410 e. The number of nitrogens with one attached hydrogen (secondary N) is 1. The number of aryl methyl sites for hydroxylation is 1. The molecular weight excluding hydrogens is 564 g/mol. The largest absolute Gasteiger partial charge is 0.417 e. The third-order valence-corrected chi connectivity index (χ3v) is 10.7. The smallest absolute Gasteiger partial charge is 0.410 e. The van der Waals surface area contributed by atoms with Crippen molar-refractivity contribution in [3.05, 3.63) is 96.2 Å². The van der Waals surface area contributed by atoms with Crippen LogP contribution in [0.5, 0.6) is 5.75 Å². The summed E-state index contributed by atoms with van der Waals surface area (Å²) in [7, 11) is -3.73. The Morgan fingerprint density at radius 1 is 1.00 bits per heavy atom. The number of anilines is 2. The number of ether oxygens (including phenoxy) is 2. The molecule has 1 N–H and O–H groups in total. The summed E-state index contributed by atoms with van der Waals surface area (Å²) in [4.78, 5) is 24.7. The fourth-order valence-corrected chi connectivity index (χ4v) is 7.71. The lowest BCUT2D eigenvalue weighted by molar-refractivity contribution is 0.0985. The summed E-state index contributed by atoms with van der Waals surface area (Å²) >= 11 is 0. The highest BCUT2D eigenvalue weighted by Gasteiger charge is 2.52. The van der Waals surface area contributed by atoms with E-state index >= 15 is 0 Å². The lowest BCUT2D eigenvalue weighted by atomic mass is 9.81. The van der Waals surface area contributed by atoms with Gasteiger partial charge in [-0.1, -0.05) is 35.9 Å². The number of rotatable bonds is 7. The van der Waals surface area contributed by atoms with E-state index in [9.17, 15) is 13.2 Å². The van der Waals surface area contributed by atoms with E-state index in [1.807, 2.05) is 43.3 Å². The van der Waals surface area contributed by atoms with Crippen molar-refractivity contribution in [2.45, 2.75) is 48.8 Å². The molecule has 9 nitrogen and oxygen atoms in total. The SMILES string of the molecule is Cc1ccc(S(=O)(=O)C2(c3cc(N4CCOC[C@@H]4C)nc(-c4ccc(NC(=O)Oc5ccccc5)cc4)n3)CCC2)cc1. The highest BCUT2D eigenvalue weighted by atomic mass is 32.2. The van der Waals surface area contributed by atoms with Crippen molar-refractivity contribution in [1.29, 1.82) is 0 Å². The molecular formula is C33H34N4O5S. The van der Waals surface area contributed by atoms with E-state index in [2.05, 4.69) is 17.1 Å². The number of amides is 1. The van der Waals surface area contributed by atoms with Gasteiger partial charge in [0.15, 0.2) is 15.7 Å². The molecule has 4 aromatic rings. The second-order valence-electron chi connectivity index (χ2n) is 11.1. The zero-order chi connectivity index (χ0) is 30.0. The van der Waals surface area contributed by atoms with E-state index in [-0.39, 0.29) is 6.04 Å². The van der Waals surface area contributed by atoms with E-state index in [1.165, 1.54) is 0 Å². The van der Waals surface area contributed by atoms with Crippen molar-refractivity contribution >= 4 is 27.4 Å². The third kappa shape index (κ3) is 5.72. The van der Waals surface area contributed by atoms with E-state index in [4.69, 9.17) is 19.4 Å². The highest BCUT2D eigenvalue weighted by molar-refractivity contribution is 7.92. The molecule has 1 saturated carbocycles. The molecule has 0 radical (unpaired) electrons. The van der Waals surface area contributed by atoms with Crippen molar-refractivity contribution in [2.24, 2.45) is 0 Å². The molecule has 1 saturated heterocycles. The number of aromatic nitrogens is 2. The molecule has 1 amide bonds. The van der Waals surface area contributed by atoms with Gasteiger partial charge in [-0.2, -0.15) is 0 Å². The Balaban J connectivity index is 1.35. The molecule has 2 heterocycles. The van der Waals surface area contributed by atoms with Crippen LogP contribution in [0.1, 0.15) is 37.4 Å². The average Bonchev–Trinajstić information content (AvgIpc) is 2.97. The van der Waals surface area contributed by atoms with Gasteiger partial charge in [0.1, 0.15) is 16.3 Å². The molecule has 2 aliphatic rings. The molecule has 2 fully saturated rings. The quantitative estimate of drug-likeness (QED) is 0.270. The van der Waals surface area contributed by atoms with Crippen LogP contribution in [0.3, 0.4) is 0 Å². The minimum absolute atomic E-state index is 0.0672. The van der Waals surface area contributed by atoms with E-state index < -0.39 is 20.7 Å². The Kier molecular flexibility index (Phi) is 7.89. The topological polar surface area (TPSA) is 111 Å². The van der Waals surface area contributed by atoms with Gasteiger partial charge in [-0.05, 0) is 81.6 Å². The van der Waals surface area contributed by atoms with Crippen molar-refractivity contribution in [3.63, 3.8) is 0 Å². The second kappa shape index (κ2) is 11.8. The maximum Gasteiger partial charge on any atom is 0.417 e. The Hall–Kier alpha value is -4.28. The molecule has 0 spiro atoms. The number of carbonyl (C=O) groups excluding carboxylic acids is 1. The molecule has 6 rings (SSSR count). The van der Waals surface area contributed by atoms with Gasteiger partial charge in [-0.3, -0.25) is 5.32 Å². The summed E-state index contributed by atoms with van der Waals surface area (Å²) in [5.41, 5.74) is 2.75. The van der Waals surface area contributed by atoms with Crippen molar-refractivity contribution in [2.75, 3.05) is 30.0 Å². The van der Waals surface area contributed by atoms with Gasteiger partial charge in [0.25, 0.3) is 0 Å². The predicted molar refractivity (Wildman–Crippen MR) is 165 cm³/mol. The number of carbonyl (C=O) groups is 1. The fraction of sp³-hybridized carbons (Fsp3) is 0.303. The number of para-hydroxylation sites is 1. The monoisotopic (exact) mass is 598 g/mol.